The number of rotatable bonds is 9. The molecule has 0 heterocycles. The highest BCUT2D eigenvalue weighted by Crippen LogP contribution is 2.55. The predicted octanol–water partition coefficient (Wildman–Crippen LogP) is 12.1. The second kappa shape index (κ2) is 16.2. The molecule has 6 rings (SSSR count). The van der Waals surface area contributed by atoms with Crippen LogP contribution in [0, 0.1) is 34.1 Å². The van der Waals surface area contributed by atoms with Crippen molar-refractivity contribution in [2.75, 3.05) is 0 Å². The molecule has 0 amide bonds. The van der Waals surface area contributed by atoms with E-state index in [4.69, 9.17) is 0 Å². The Balaban J connectivity index is 1.68. The van der Waals surface area contributed by atoms with E-state index in [1.54, 1.807) is 27.7 Å². The van der Waals surface area contributed by atoms with Crippen molar-refractivity contribution < 1.29 is 66.8 Å². The molecule has 0 aliphatic carbocycles. The summed E-state index contributed by atoms with van der Waals surface area (Å²) in [6.07, 6.45) is -8.66. The van der Waals surface area contributed by atoms with Crippen molar-refractivity contribution in [2.45, 2.75) is 65.7 Å². The van der Waals surface area contributed by atoms with E-state index in [1.165, 1.54) is 26.0 Å². The van der Waals surface area contributed by atoms with Crippen LogP contribution in [0.2, 0.25) is 0 Å². The Bertz CT molecular complexity index is 2830. The number of halogens is 6. The monoisotopic (exact) mass is 894 g/mol. The predicted molar refractivity (Wildman–Crippen MR) is 225 cm³/mol. The maximum Gasteiger partial charge on any atom is 0.423 e. The Morgan fingerprint density at radius 1 is 0.547 bits per heavy atom. The van der Waals surface area contributed by atoms with Crippen molar-refractivity contribution in [3.63, 3.8) is 0 Å². The van der Waals surface area contributed by atoms with Crippen LogP contribution in [0.5, 0.6) is 34.5 Å². The van der Waals surface area contributed by atoms with Gasteiger partial charge in [0.25, 0.3) is 11.4 Å². The summed E-state index contributed by atoms with van der Waals surface area (Å²) >= 11 is 0. The van der Waals surface area contributed by atoms with Crippen molar-refractivity contribution in [3.05, 3.63) is 113 Å². The van der Waals surface area contributed by atoms with Gasteiger partial charge in [-0.05, 0) is 71.8 Å². The summed E-state index contributed by atoms with van der Waals surface area (Å²) in [6.45, 7) is 9.70. The van der Waals surface area contributed by atoms with E-state index >= 15 is 0 Å². The van der Waals surface area contributed by atoms with Crippen molar-refractivity contribution in [1.29, 1.82) is 0 Å². The van der Waals surface area contributed by atoms with Crippen LogP contribution in [0.1, 0.15) is 84.0 Å². The summed E-state index contributed by atoms with van der Waals surface area (Å²) in [5.41, 5.74) is -6.97. The first-order valence-electron chi connectivity index (χ1n) is 19.0. The molecule has 0 radical (unpaired) electrons. The Kier molecular flexibility index (Phi) is 11.6. The number of nitro groups is 2. The minimum Gasteiger partial charge on any atom is -0.507 e. The number of aliphatic imine (C=N–C) groups is 2. The largest absolute Gasteiger partial charge is 0.507 e. The zero-order valence-corrected chi connectivity index (χ0v) is 34.3. The van der Waals surface area contributed by atoms with Gasteiger partial charge in [0.1, 0.15) is 22.6 Å². The van der Waals surface area contributed by atoms with Gasteiger partial charge in [-0.2, -0.15) is 26.3 Å². The number of nitro benzene ring substituents is 2. The van der Waals surface area contributed by atoms with Gasteiger partial charge in [0.15, 0.2) is 23.0 Å². The van der Waals surface area contributed by atoms with Crippen LogP contribution in [-0.2, 0) is 12.4 Å². The van der Waals surface area contributed by atoms with E-state index in [1.807, 2.05) is 0 Å². The molecule has 0 spiro atoms. The van der Waals surface area contributed by atoms with Crippen molar-refractivity contribution in [2.24, 2.45) is 9.98 Å². The van der Waals surface area contributed by atoms with Crippen molar-refractivity contribution in [1.82, 2.24) is 0 Å². The summed E-state index contributed by atoms with van der Waals surface area (Å²) in [6, 6.07) is 6.79. The third kappa shape index (κ3) is 7.86. The van der Waals surface area contributed by atoms with E-state index in [0.717, 1.165) is 24.6 Å². The summed E-state index contributed by atoms with van der Waals surface area (Å²) in [7, 11) is 0. The Morgan fingerprint density at radius 3 is 1.16 bits per heavy atom. The molecule has 6 aromatic carbocycles. The van der Waals surface area contributed by atoms with Gasteiger partial charge in [0.2, 0.25) is 0 Å². The maximum atomic E-state index is 13.8. The highest BCUT2D eigenvalue weighted by Gasteiger charge is 2.40. The molecule has 0 unspecified atom stereocenters. The van der Waals surface area contributed by atoms with Crippen LogP contribution < -0.4 is 0 Å². The van der Waals surface area contributed by atoms with Gasteiger partial charge in [0.05, 0.1) is 32.3 Å². The molecule has 0 bridgehead atoms. The number of hydrogen-bond acceptors (Lipinski definition) is 12. The first-order chi connectivity index (χ1) is 29.7. The lowest BCUT2D eigenvalue weighted by Crippen LogP contribution is -2.08. The van der Waals surface area contributed by atoms with Gasteiger partial charge in [-0.3, -0.25) is 30.2 Å². The molecule has 0 saturated carbocycles. The molecular weight excluding hydrogens is 858 g/mol. The third-order valence-electron chi connectivity index (χ3n) is 10.6. The van der Waals surface area contributed by atoms with Crippen molar-refractivity contribution in [3.8, 4) is 45.6 Å². The topological polar surface area (TPSA) is 232 Å². The van der Waals surface area contributed by atoms with E-state index in [9.17, 15) is 77.2 Å². The molecule has 334 valence electrons. The number of phenolic OH excluding ortho intramolecular Hbond substituents is 6. The van der Waals surface area contributed by atoms with Crippen LogP contribution in [-0.4, -0.2) is 52.9 Å². The summed E-state index contributed by atoms with van der Waals surface area (Å²) < 4.78 is 82.9. The molecule has 0 aromatic heterocycles. The average molecular weight is 895 g/mol. The number of fused-ring (bicyclic) bond motifs is 2. The van der Waals surface area contributed by atoms with Gasteiger partial charge < -0.3 is 30.6 Å². The SMILES string of the molecule is Cc1cc2c(C(C)C)c(O)c(O)c(C=Nc3ccc([N+](=O)[O-])c(C(F)(F)F)c3)c2c(O)c1-c1c(C)cc2c(C(C)C)c(O)c(O)c(C=Nc3ccc([N+](=O)[O-])c(C(F)(F)F)c3)c2c1O. The fraction of sp³-hybridized carbons (Fsp3) is 0.227. The third-order valence-corrected chi connectivity index (χ3v) is 10.6. The molecule has 20 heteroatoms. The molecule has 6 N–H and O–H groups in total. The van der Waals surface area contributed by atoms with E-state index in [-0.39, 0.29) is 54.9 Å². The van der Waals surface area contributed by atoms with Crippen LogP contribution in [0.3, 0.4) is 0 Å². The van der Waals surface area contributed by atoms with Gasteiger partial charge in [-0.25, -0.2) is 0 Å². The molecule has 0 fully saturated rings. The van der Waals surface area contributed by atoms with Crippen LogP contribution in [0.25, 0.3) is 32.7 Å². The summed E-state index contributed by atoms with van der Waals surface area (Å²) in [5.74, 6) is -5.40. The smallest absolute Gasteiger partial charge is 0.423 e. The molecular formula is C44H36F6N4O10. The van der Waals surface area contributed by atoms with Crippen LogP contribution in [0.15, 0.2) is 58.5 Å². The lowest BCUT2D eigenvalue weighted by molar-refractivity contribution is -0.388. The second-order valence-corrected chi connectivity index (χ2v) is 15.5. The molecule has 0 aliphatic rings. The van der Waals surface area contributed by atoms with Gasteiger partial charge in [-0.15, -0.1) is 0 Å². The van der Waals surface area contributed by atoms with E-state index < -0.39 is 114 Å². The second-order valence-electron chi connectivity index (χ2n) is 15.5. The normalized spacial score (nSPS) is 12.5. The standard InChI is InChI=1S/C44H36F6N4O10/c1-17(2)31-23-11-19(5)33(39(57)35(23)25(37(55)41(31)59)15-51-21-7-9-29(53(61)62)27(13-21)43(45,46)47)34-20(6)12-24-32(18(3)4)42(60)38(56)26(36(24)40(34)58)16-52-22-8-10-30(54(63)64)28(14-22)44(48,49)50/h7-18,55-60H,1-6H3. The lowest BCUT2D eigenvalue weighted by Gasteiger charge is -2.23. The average Bonchev–Trinajstić information content (AvgIpc) is 3.18. The molecule has 64 heavy (non-hydrogen) atoms. The molecule has 0 atom stereocenters. The maximum absolute atomic E-state index is 13.8. The molecule has 6 aromatic rings. The number of aromatic hydroxyl groups is 6. The van der Waals surface area contributed by atoms with Gasteiger partial charge in [-0.1, -0.05) is 39.8 Å². The molecule has 0 aliphatic heterocycles. The Hall–Kier alpha value is -7.64. The lowest BCUT2D eigenvalue weighted by atomic mass is 9.83. The Labute approximate surface area is 357 Å². The number of benzene rings is 6. The van der Waals surface area contributed by atoms with Crippen LogP contribution >= 0.6 is 0 Å². The number of hydrogen-bond donors (Lipinski definition) is 6. The molecule has 14 nitrogen and oxygen atoms in total. The summed E-state index contributed by atoms with van der Waals surface area (Å²) in [5, 5.41) is 92.5. The fourth-order valence-corrected chi connectivity index (χ4v) is 7.88. The first-order valence-corrected chi connectivity index (χ1v) is 19.0. The number of alkyl halides is 6. The zero-order chi connectivity index (χ0) is 47.7. The highest BCUT2D eigenvalue weighted by atomic mass is 19.4. The first kappa shape index (κ1) is 45.9. The van der Waals surface area contributed by atoms with Gasteiger partial charge in [0, 0.05) is 57.6 Å². The summed E-state index contributed by atoms with van der Waals surface area (Å²) in [4.78, 5) is 28.3. The Morgan fingerprint density at radius 2 is 0.875 bits per heavy atom. The van der Waals surface area contributed by atoms with Crippen LogP contribution in [0.4, 0.5) is 49.1 Å². The molecule has 0 saturated heterocycles. The number of aryl methyl sites for hydroxylation is 2. The minimum atomic E-state index is -5.16. The zero-order valence-electron chi connectivity index (χ0n) is 34.3. The van der Waals surface area contributed by atoms with E-state index in [2.05, 4.69) is 9.98 Å². The fourth-order valence-electron chi connectivity index (χ4n) is 7.88. The number of phenols is 6. The highest BCUT2D eigenvalue weighted by molar-refractivity contribution is 6.15. The minimum absolute atomic E-state index is 0.111. The van der Waals surface area contributed by atoms with Crippen molar-refractivity contribution >= 4 is 56.7 Å². The quantitative estimate of drug-likeness (QED) is 0.0264. The van der Waals surface area contributed by atoms with E-state index in [0.29, 0.717) is 24.3 Å². The van der Waals surface area contributed by atoms with Gasteiger partial charge >= 0.3 is 12.4 Å². The number of nitrogens with zero attached hydrogens (tertiary/aromatic N) is 4.